The van der Waals surface area contributed by atoms with Gasteiger partial charge in [-0.1, -0.05) is 44.2 Å². The van der Waals surface area contributed by atoms with Crippen LogP contribution >= 0.6 is 0 Å². The summed E-state index contributed by atoms with van der Waals surface area (Å²) < 4.78 is 0. The second-order valence-electron chi connectivity index (χ2n) is 7.18. The van der Waals surface area contributed by atoms with Crippen molar-refractivity contribution in [1.82, 2.24) is 9.80 Å². The monoisotopic (exact) mass is 317 g/mol. The van der Waals surface area contributed by atoms with E-state index in [1.807, 2.05) is 11.9 Å². The van der Waals surface area contributed by atoms with Crippen LogP contribution in [-0.2, 0) is 11.3 Å². The van der Waals surface area contributed by atoms with Gasteiger partial charge < -0.3 is 10.6 Å². The van der Waals surface area contributed by atoms with Crippen molar-refractivity contribution in [3.63, 3.8) is 0 Å². The number of benzene rings is 1. The molecular weight excluding hydrogens is 286 g/mol. The first-order chi connectivity index (χ1) is 11.0. The Kier molecular flexibility index (Phi) is 6.60. The van der Waals surface area contributed by atoms with Gasteiger partial charge in [0.2, 0.25) is 5.91 Å². The molecule has 1 fully saturated rings. The second kappa shape index (κ2) is 8.46. The lowest BCUT2D eigenvalue weighted by Gasteiger charge is -2.37. The van der Waals surface area contributed by atoms with Crippen LogP contribution in [0.2, 0.25) is 0 Å². The molecule has 1 saturated heterocycles. The SMILES string of the molecule is CC(C)C[C@H](N)C(=O)N(C)C1CCN(Cc2ccccc2)CC1. The third-order valence-electron chi connectivity index (χ3n) is 4.74. The van der Waals surface area contributed by atoms with E-state index < -0.39 is 0 Å². The minimum absolute atomic E-state index is 0.0974. The highest BCUT2D eigenvalue weighted by Gasteiger charge is 2.28. The zero-order chi connectivity index (χ0) is 16.8. The Balaban J connectivity index is 1.80. The highest BCUT2D eigenvalue weighted by Crippen LogP contribution is 2.19. The van der Waals surface area contributed by atoms with Gasteiger partial charge in [-0.25, -0.2) is 0 Å². The summed E-state index contributed by atoms with van der Waals surface area (Å²) >= 11 is 0. The van der Waals surface area contributed by atoms with E-state index in [9.17, 15) is 4.79 Å². The Morgan fingerprint density at radius 3 is 2.43 bits per heavy atom. The molecule has 1 aliphatic heterocycles. The Morgan fingerprint density at radius 2 is 1.87 bits per heavy atom. The molecule has 0 aromatic heterocycles. The van der Waals surface area contributed by atoms with Crippen LogP contribution in [0.1, 0.15) is 38.7 Å². The molecule has 1 aromatic carbocycles. The molecular formula is C19H31N3O. The zero-order valence-corrected chi connectivity index (χ0v) is 14.7. The van der Waals surface area contributed by atoms with E-state index in [4.69, 9.17) is 5.73 Å². The molecule has 1 amide bonds. The average Bonchev–Trinajstić information content (AvgIpc) is 2.54. The normalized spacial score (nSPS) is 18.1. The fourth-order valence-electron chi connectivity index (χ4n) is 3.36. The third kappa shape index (κ3) is 5.33. The Labute approximate surface area is 140 Å². The van der Waals surface area contributed by atoms with Crippen molar-refractivity contribution in [2.24, 2.45) is 11.7 Å². The number of likely N-dealkylation sites (tertiary alicyclic amines) is 1. The average molecular weight is 317 g/mol. The molecule has 4 heteroatoms. The van der Waals surface area contributed by atoms with Crippen LogP contribution < -0.4 is 5.73 Å². The lowest BCUT2D eigenvalue weighted by atomic mass is 9.99. The summed E-state index contributed by atoms with van der Waals surface area (Å²) in [5, 5.41) is 0. The molecule has 0 spiro atoms. The molecule has 0 aliphatic carbocycles. The number of nitrogens with two attached hydrogens (primary N) is 1. The summed E-state index contributed by atoms with van der Waals surface area (Å²) in [5.74, 6) is 0.551. The summed E-state index contributed by atoms with van der Waals surface area (Å²) in [5.41, 5.74) is 7.41. The number of rotatable bonds is 6. The van der Waals surface area contributed by atoms with Gasteiger partial charge in [-0.2, -0.15) is 0 Å². The standard InChI is InChI=1S/C19H31N3O/c1-15(2)13-18(20)19(23)21(3)17-9-11-22(12-10-17)14-16-7-5-4-6-8-16/h4-8,15,17-18H,9-14,20H2,1-3H3/t18-/m0/s1. The van der Waals surface area contributed by atoms with Crippen molar-refractivity contribution in [1.29, 1.82) is 0 Å². The maximum atomic E-state index is 12.4. The number of hydrogen-bond donors (Lipinski definition) is 1. The van der Waals surface area contributed by atoms with Crippen LogP contribution in [0.4, 0.5) is 0 Å². The van der Waals surface area contributed by atoms with Gasteiger partial charge in [0, 0.05) is 32.7 Å². The number of carbonyl (C=O) groups is 1. The highest BCUT2D eigenvalue weighted by atomic mass is 16.2. The van der Waals surface area contributed by atoms with E-state index in [1.54, 1.807) is 0 Å². The summed E-state index contributed by atoms with van der Waals surface area (Å²) in [6.45, 7) is 7.29. The maximum Gasteiger partial charge on any atom is 0.239 e. The minimum atomic E-state index is -0.359. The molecule has 0 unspecified atom stereocenters. The first-order valence-electron chi connectivity index (χ1n) is 8.76. The number of amides is 1. The largest absolute Gasteiger partial charge is 0.341 e. The van der Waals surface area contributed by atoms with Crippen molar-refractivity contribution in [2.75, 3.05) is 20.1 Å². The number of carbonyl (C=O) groups excluding carboxylic acids is 1. The van der Waals surface area contributed by atoms with Crippen LogP contribution in [0.3, 0.4) is 0 Å². The van der Waals surface area contributed by atoms with E-state index in [1.165, 1.54) is 5.56 Å². The number of piperidine rings is 1. The summed E-state index contributed by atoms with van der Waals surface area (Å²) in [6.07, 6.45) is 2.82. The van der Waals surface area contributed by atoms with E-state index >= 15 is 0 Å². The van der Waals surface area contributed by atoms with E-state index in [2.05, 4.69) is 49.1 Å². The Bertz CT molecular complexity index is 481. The van der Waals surface area contributed by atoms with Crippen LogP contribution in [0.5, 0.6) is 0 Å². The van der Waals surface area contributed by atoms with Crippen molar-refractivity contribution in [2.45, 2.75) is 51.7 Å². The summed E-state index contributed by atoms with van der Waals surface area (Å²) in [4.78, 5) is 16.8. The molecule has 0 radical (unpaired) electrons. The van der Waals surface area contributed by atoms with Gasteiger partial charge in [-0.05, 0) is 30.7 Å². The molecule has 0 saturated carbocycles. The Hall–Kier alpha value is -1.39. The van der Waals surface area contributed by atoms with Crippen molar-refractivity contribution < 1.29 is 4.79 Å². The van der Waals surface area contributed by atoms with Gasteiger partial charge in [0.15, 0.2) is 0 Å². The fraction of sp³-hybridized carbons (Fsp3) is 0.632. The maximum absolute atomic E-state index is 12.4. The fourth-order valence-corrected chi connectivity index (χ4v) is 3.36. The van der Waals surface area contributed by atoms with Crippen molar-refractivity contribution in [3.8, 4) is 0 Å². The van der Waals surface area contributed by atoms with Gasteiger partial charge in [-0.15, -0.1) is 0 Å². The van der Waals surface area contributed by atoms with Gasteiger partial charge in [0.05, 0.1) is 6.04 Å². The molecule has 1 aliphatic rings. The first kappa shape index (κ1) is 18.0. The third-order valence-corrected chi connectivity index (χ3v) is 4.74. The second-order valence-corrected chi connectivity index (χ2v) is 7.18. The quantitative estimate of drug-likeness (QED) is 0.877. The molecule has 23 heavy (non-hydrogen) atoms. The predicted octanol–water partition coefficient (Wildman–Crippen LogP) is 2.48. The predicted molar refractivity (Wildman–Crippen MR) is 94.9 cm³/mol. The molecule has 1 heterocycles. The highest BCUT2D eigenvalue weighted by molar-refractivity contribution is 5.81. The lowest BCUT2D eigenvalue weighted by Crippen LogP contribution is -2.50. The molecule has 128 valence electrons. The van der Waals surface area contributed by atoms with E-state index in [0.29, 0.717) is 12.0 Å². The number of nitrogens with zero attached hydrogens (tertiary/aromatic N) is 2. The lowest BCUT2D eigenvalue weighted by molar-refractivity contribution is -0.134. The van der Waals surface area contributed by atoms with Crippen LogP contribution in [0.15, 0.2) is 30.3 Å². The molecule has 1 atom stereocenters. The molecule has 2 rings (SSSR count). The Morgan fingerprint density at radius 1 is 1.26 bits per heavy atom. The summed E-state index contributed by atoms with van der Waals surface area (Å²) in [7, 11) is 1.92. The van der Waals surface area contributed by atoms with Crippen molar-refractivity contribution >= 4 is 5.91 Å². The smallest absolute Gasteiger partial charge is 0.239 e. The first-order valence-corrected chi connectivity index (χ1v) is 8.76. The summed E-state index contributed by atoms with van der Waals surface area (Å²) in [6, 6.07) is 10.5. The van der Waals surface area contributed by atoms with Crippen LogP contribution in [0, 0.1) is 5.92 Å². The molecule has 1 aromatic rings. The van der Waals surface area contributed by atoms with Gasteiger partial charge in [0.25, 0.3) is 0 Å². The van der Waals surface area contributed by atoms with E-state index in [-0.39, 0.29) is 11.9 Å². The molecule has 4 nitrogen and oxygen atoms in total. The van der Waals surface area contributed by atoms with Crippen LogP contribution in [0.25, 0.3) is 0 Å². The number of hydrogen-bond acceptors (Lipinski definition) is 3. The topological polar surface area (TPSA) is 49.6 Å². The van der Waals surface area contributed by atoms with Crippen molar-refractivity contribution in [3.05, 3.63) is 35.9 Å². The van der Waals surface area contributed by atoms with Gasteiger partial charge >= 0.3 is 0 Å². The van der Waals surface area contributed by atoms with Crippen LogP contribution in [-0.4, -0.2) is 47.9 Å². The molecule has 0 bridgehead atoms. The number of likely N-dealkylation sites (N-methyl/N-ethyl adjacent to an activating group) is 1. The van der Waals surface area contributed by atoms with Gasteiger partial charge in [0.1, 0.15) is 0 Å². The van der Waals surface area contributed by atoms with Gasteiger partial charge in [-0.3, -0.25) is 9.69 Å². The molecule has 2 N–H and O–H groups in total. The minimum Gasteiger partial charge on any atom is -0.341 e. The van der Waals surface area contributed by atoms with E-state index in [0.717, 1.165) is 38.9 Å². The zero-order valence-electron chi connectivity index (χ0n) is 14.7.